The molecule has 0 N–H and O–H groups in total. The number of thioether (sulfide) groups is 1. The molecule has 10 heteroatoms. The number of nitro benzene ring substituents is 1. The second-order valence-corrected chi connectivity index (χ2v) is 7.37. The van der Waals surface area contributed by atoms with Crippen molar-refractivity contribution in [3.05, 3.63) is 45.3 Å². The highest BCUT2D eigenvalue weighted by atomic mass is 32.2. The molecule has 1 unspecified atom stereocenters. The average molecular weight is 349 g/mol. The summed E-state index contributed by atoms with van der Waals surface area (Å²) in [6, 6.07) is 5.98. The lowest BCUT2D eigenvalue weighted by Crippen LogP contribution is -1.88. The van der Waals surface area contributed by atoms with E-state index < -0.39 is 4.92 Å². The molecule has 0 bridgehead atoms. The molecule has 118 valence electrons. The molecule has 0 aliphatic heterocycles. The number of benzene rings is 1. The molecule has 1 atom stereocenters. The molecule has 2 heterocycles. The van der Waals surface area contributed by atoms with Crippen molar-refractivity contribution in [3.8, 4) is 11.5 Å². The maximum Gasteiger partial charge on any atom is 0.269 e. The van der Waals surface area contributed by atoms with Gasteiger partial charge in [-0.05, 0) is 26.0 Å². The average Bonchev–Trinajstić information content (AvgIpc) is 3.16. The molecular formula is C13H11N5O3S2. The molecule has 0 aliphatic rings. The van der Waals surface area contributed by atoms with Gasteiger partial charge in [-0.2, -0.15) is 0 Å². The summed E-state index contributed by atoms with van der Waals surface area (Å²) in [5, 5.41) is 27.5. The van der Waals surface area contributed by atoms with E-state index in [2.05, 4.69) is 20.4 Å². The number of nitro groups is 1. The summed E-state index contributed by atoms with van der Waals surface area (Å²) in [7, 11) is 0. The van der Waals surface area contributed by atoms with Crippen LogP contribution in [0.25, 0.3) is 11.5 Å². The van der Waals surface area contributed by atoms with Crippen molar-refractivity contribution in [2.45, 2.75) is 23.4 Å². The molecule has 2 aromatic heterocycles. The molecule has 0 amide bonds. The van der Waals surface area contributed by atoms with Gasteiger partial charge in [-0.15, -0.1) is 20.4 Å². The zero-order valence-corrected chi connectivity index (χ0v) is 13.8. The Morgan fingerprint density at radius 2 is 1.96 bits per heavy atom. The van der Waals surface area contributed by atoms with Crippen LogP contribution in [0.3, 0.4) is 0 Å². The quantitative estimate of drug-likeness (QED) is 0.390. The maximum absolute atomic E-state index is 10.7. The van der Waals surface area contributed by atoms with Gasteiger partial charge in [0.15, 0.2) is 4.34 Å². The Bertz CT molecular complexity index is 830. The Kier molecular flexibility index (Phi) is 4.35. The van der Waals surface area contributed by atoms with Crippen molar-refractivity contribution >= 4 is 28.8 Å². The third-order valence-corrected chi connectivity index (χ3v) is 4.91. The van der Waals surface area contributed by atoms with E-state index in [9.17, 15) is 10.1 Å². The van der Waals surface area contributed by atoms with Crippen LogP contribution in [-0.4, -0.2) is 25.3 Å². The highest BCUT2D eigenvalue weighted by Crippen LogP contribution is 2.36. The smallest absolute Gasteiger partial charge is 0.269 e. The fourth-order valence-electron chi connectivity index (χ4n) is 1.77. The number of nitrogens with zero attached hydrogens (tertiary/aromatic N) is 5. The highest BCUT2D eigenvalue weighted by molar-refractivity contribution is 8.01. The van der Waals surface area contributed by atoms with E-state index >= 15 is 0 Å². The summed E-state index contributed by atoms with van der Waals surface area (Å²) in [5.74, 6) is 0.798. The van der Waals surface area contributed by atoms with Crippen LogP contribution in [0.1, 0.15) is 23.1 Å². The Morgan fingerprint density at radius 1 is 1.22 bits per heavy atom. The van der Waals surface area contributed by atoms with Crippen LogP contribution < -0.4 is 0 Å². The van der Waals surface area contributed by atoms with Crippen molar-refractivity contribution in [1.82, 2.24) is 20.4 Å². The molecule has 0 spiro atoms. The molecule has 0 radical (unpaired) electrons. The van der Waals surface area contributed by atoms with Crippen molar-refractivity contribution in [2.75, 3.05) is 0 Å². The van der Waals surface area contributed by atoms with Gasteiger partial charge >= 0.3 is 0 Å². The van der Waals surface area contributed by atoms with Crippen molar-refractivity contribution in [1.29, 1.82) is 0 Å². The normalized spacial score (nSPS) is 12.3. The van der Waals surface area contributed by atoms with Gasteiger partial charge in [-0.3, -0.25) is 10.1 Å². The Balaban J connectivity index is 1.75. The molecule has 3 aromatic rings. The molecule has 0 saturated carbocycles. The summed E-state index contributed by atoms with van der Waals surface area (Å²) in [6.45, 7) is 3.83. The first-order chi connectivity index (χ1) is 11.0. The standard InChI is InChI=1S/C13H11N5O3S2/c1-7(22-13-17-14-8(2)23-13)11-15-16-12(21-11)9-3-5-10(6-4-9)18(19)20/h3-7H,1-2H3. The lowest BCUT2D eigenvalue weighted by Gasteiger charge is -2.02. The number of aryl methyl sites for hydroxylation is 1. The second kappa shape index (κ2) is 6.42. The van der Waals surface area contributed by atoms with Crippen LogP contribution in [0, 0.1) is 17.0 Å². The Hall–Kier alpha value is -2.33. The van der Waals surface area contributed by atoms with Gasteiger partial charge in [0.2, 0.25) is 11.8 Å². The monoisotopic (exact) mass is 349 g/mol. The summed E-state index contributed by atoms with van der Waals surface area (Å²) >= 11 is 3.00. The zero-order valence-electron chi connectivity index (χ0n) is 12.2. The van der Waals surface area contributed by atoms with E-state index in [4.69, 9.17) is 4.42 Å². The first-order valence-electron chi connectivity index (χ1n) is 6.58. The van der Waals surface area contributed by atoms with Gasteiger partial charge in [0, 0.05) is 17.7 Å². The number of non-ortho nitro benzene ring substituents is 1. The first kappa shape index (κ1) is 15.6. The van der Waals surface area contributed by atoms with E-state index in [1.165, 1.54) is 35.2 Å². The van der Waals surface area contributed by atoms with E-state index in [1.54, 1.807) is 12.1 Å². The van der Waals surface area contributed by atoms with Crippen LogP contribution >= 0.6 is 23.1 Å². The summed E-state index contributed by atoms with van der Waals surface area (Å²) in [6.07, 6.45) is 0. The third-order valence-electron chi connectivity index (χ3n) is 2.90. The predicted octanol–water partition coefficient (Wildman–Crippen LogP) is 3.66. The zero-order chi connectivity index (χ0) is 16.4. The van der Waals surface area contributed by atoms with Crippen molar-refractivity contribution < 1.29 is 9.34 Å². The first-order valence-corrected chi connectivity index (χ1v) is 8.27. The molecule has 8 nitrogen and oxygen atoms in total. The van der Waals surface area contributed by atoms with Crippen molar-refractivity contribution in [2.24, 2.45) is 0 Å². The van der Waals surface area contributed by atoms with Gasteiger partial charge in [-0.1, -0.05) is 23.1 Å². The molecule has 0 aliphatic carbocycles. The van der Waals surface area contributed by atoms with Crippen LogP contribution in [-0.2, 0) is 0 Å². The fourth-order valence-corrected chi connectivity index (χ4v) is 3.76. The Labute approximate surface area is 139 Å². The fraction of sp³-hybridized carbons (Fsp3) is 0.231. The number of rotatable bonds is 5. The summed E-state index contributed by atoms with van der Waals surface area (Å²) in [4.78, 5) is 10.2. The minimum absolute atomic E-state index is 0.0176. The lowest BCUT2D eigenvalue weighted by molar-refractivity contribution is -0.384. The largest absolute Gasteiger partial charge is 0.419 e. The van der Waals surface area contributed by atoms with Gasteiger partial charge < -0.3 is 4.42 Å². The van der Waals surface area contributed by atoms with Crippen LogP contribution in [0.2, 0.25) is 0 Å². The van der Waals surface area contributed by atoms with E-state index in [-0.39, 0.29) is 10.9 Å². The molecule has 3 rings (SSSR count). The van der Waals surface area contributed by atoms with Crippen LogP contribution in [0.15, 0.2) is 33.0 Å². The maximum atomic E-state index is 10.7. The SMILES string of the molecule is Cc1nnc(SC(C)c2nnc(-c3ccc([N+](=O)[O-])cc3)o2)s1. The predicted molar refractivity (Wildman–Crippen MR) is 85.3 cm³/mol. The summed E-state index contributed by atoms with van der Waals surface area (Å²) < 4.78 is 6.49. The topological polar surface area (TPSA) is 108 Å². The van der Waals surface area contributed by atoms with E-state index in [1.807, 2.05) is 13.8 Å². The molecule has 0 fully saturated rings. The van der Waals surface area contributed by atoms with Crippen molar-refractivity contribution in [3.63, 3.8) is 0 Å². The van der Waals surface area contributed by atoms with Gasteiger partial charge in [0.05, 0.1) is 10.2 Å². The number of hydrogen-bond donors (Lipinski definition) is 0. The molecule has 1 aromatic carbocycles. The molecule has 0 saturated heterocycles. The lowest BCUT2D eigenvalue weighted by atomic mass is 10.2. The Morgan fingerprint density at radius 3 is 2.57 bits per heavy atom. The summed E-state index contributed by atoms with van der Waals surface area (Å²) in [5.41, 5.74) is 0.655. The van der Waals surface area contributed by atoms with Gasteiger partial charge in [0.25, 0.3) is 5.69 Å². The highest BCUT2D eigenvalue weighted by Gasteiger charge is 2.18. The minimum atomic E-state index is -0.453. The molecular weight excluding hydrogens is 338 g/mol. The van der Waals surface area contributed by atoms with Crippen LogP contribution in [0.5, 0.6) is 0 Å². The number of hydrogen-bond acceptors (Lipinski definition) is 9. The third kappa shape index (κ3) is 3.54. The minimum Gasteiger partial charge on any atom is -0.419 e. The molecule has 23 heavy (non-hydrogen) atoms. The van der Waals surface area contributed by atoms with E-state index in [0.29, 0.717) is 17.3 Å². The van der Waals surface area contributed by atoms with Gasteiger partial charge in [-0.25, -0.2) is 0 Å². The van der Waals surface area contributed by atoms with E-state index in [0.717, 1.165) is 9.35 Å². The van der Waals surface area contributed by atoms with Gasteiger partial charge in [0.1, 0.15) is 5.01 Å². The second-order valence-electron chi connectivity index (χ2n) is 4.60. The van der Waals surface area contributed by atoms with Crippen LogP contribution in [0.4, 0.5) is 5.69 Å². The number of aromatic nitrogens is 4.